The summed E-state index contributed by atoms with van der Waals surface area (Å²) < 4.78 is 54.1. The molecule has 1 atom stereocenters. The molecule has 1 aliphatic rings. The molecule has 1 saturated carbocycles. The van der Waals surface area contributed by atoms with Crippen molar-refractivity contribution < 1.29 is 22.3 Å². The number of methoxy groups -OCH3 is 1. The van der Waals surface area contributed by atoms with E-state index in [2.05, 4.69) is 4.98 Å². The molecule has 0 N–H and O–H groups in total. The van der Waals surface area contributed by atoms with Crippen LogP contribution in [0.15, 0.2) is 59.5 Å². The number of imidazole rings is 1. The molecule has 0 amide bonds. The van der Waals surface area contributed by atoms with Gasteiger partial charge in [0.15, 0.2) is 17.1 Å². The van der Waals surface area contributed by atoms with Crippen LogP contribution in [0.25, 0.3) is 22.3 Å². The number of benzene rings is 2. The summed E-state index contributed by atoms with van der Waals surface area (Å²) in [5.74, 6) is 0.259. The molecule has 2 aromatic carbocycles. The van der Waals surface area contributed by atoms with Gasteiger partial charge in [0.2, 0.25) is 0 Å². The number of fused-ring (bicyclic) bond motifs is 1. The van der Waals surface area contributed by atoms with Gasteiger partial charge in [-0.2, -0.15) is 0 Å². The van der Waals surface area contributed by atoms with E-state index >= 15 is 0 Å². The molecule has 8 nitrogen and oxygen atoms in total. The van der Waals surface area contributed by atoms with E-state index in [1.54, 1.807) is 47.0 Å². The van der Waals surface area contributed by atoms with Crippen LogP contribution in [-0.2, 0) is 9.84 Å². The number of rotatable bonds is 9. The maximum absolute atomic E-state index is 14.6. The van der Waals surface area contributed by atoms with Crippen molar-refractivity contribution in [2.75, 3.05) is 25.7 Å². The first kappa shape index (κ1) is 26.0. The number of sulfone groups is 1. The van der Waals surface area contributed by atoms with Gasteiger partial charge in [-0.05, 0) is 56.0 Å². The van der Waals surface area contributed by atoms with Gasteiger partial charge in [0, 0.05) is 29.6 Å². The zero-order valence-electron chi connectivity index (χ0n) is 21.6. The van der Waals surface area contributed by atoms with Crippen LogP contribution in [0.5, 0.6) is 11.5 Å². The number of hydrogen-bond acceptors (Lipinski definition) is 6. The SMILES string of the molecule is CCOc1cc([C@H](CS(C)(=O)=O)n2c(=O)n(C3CCC3)c3cc(-c4ccccc4F)cnc32)ccc1OC. The second kappa shape index (κ2) is 10.2. The lowest BCUT2D eigenvalue weighted by Gasteiger charge is -2.26. The van der Waals surface area contributed by atoms with Crippen molar-refractivity contribution in [3.05, 3.63) is 76.6 Å². The number of hydrogen-bond donors (Lipinski definition) is 0. The van der Waals surface area contributed by atoms with Crippen molar-refractivity contribution in [1.29, 1.82) is 0 Å². The largest absolute Gasteiger partial charge is 0.493 e. The molecule has 0 aliphatic heterocycles. The summed E-state index contributed by atoms with van der Waals surface area (Å²) in [6, 6.07) is 12.4. The van der Waals surface area contributed by atoms with Crippen LogP contribution in [0.1, 0.15) is 43.8 Å². The van der Waals surface area contributed by atoms with Gasteiger partial charge in [-0.25, -0.2) is 22.6 Å². The zero-order chi connectivity index (χ0) is 27.0. The second-order valence-electron chi connectivity index (χ2n) is 9.61. The summed E-state index contributed by atoms with van der Waals surface area (Å²) in [5.41, 5.74) is 2.07. The summed E-state index contributed by atoms with van der Waals surface area (Å²) in [7, 11) is -2.00. The third-order valence-electron chi connectivity index (χ3n) is 7.02. The Morgan fingerprint density at radius 1 is 1.13 bits per heavy atom. The minimum absolute atomic E-state index is 0.0299. The molecular weight excluding hydrogens is 509 g/mol. The minimum Gasteiger partial charge on any atom is -0.493 e. The molecule has 2 heterocycles. The zero-order valence-corrected chi connectivity index (χ0v) is 22.4. The molecule has 0 spiro atoms. The van der Waals surface area contributed by atoms with Crippen molar-refractivity contribution in [2.24, 2.45) is 0 Å². The molecule has 1 fully saturated rings. The summed E-state index contributed by atoms with van der Waals surface area (Å²) in [5, 5.41) is 0. The highest BCUT2D eigenvalue weighted by atomic mass is 32.2. The Hall–Kier alpha value is -3.66. The highest BCUT2D eigenvalue weighted by molar-refractivity contribution is 7.90. The Balaban J connectivity index is 1.76. The monoisotopic (exact) mass is 539 g/mol. The number of pyridine rings is 1. The predicted octanol–water partition coefficient (Wildman–Crippen LogP) is 4.77. The Morgan fingerprint density at radius 3 is 2.53 bits per heavy atom. The topological polar surface area (TPSA) is 92.4 Å². The third-order valence-corrected chi connectivity index (χ3v) is 7.94. The molecule has 5 rings (SSSR count). The summed E-state index contributed by atoms with van der Waals surface area (Å²) >= 11 is 0. The van der Waals surface area contributed by atoms with Gasteiger partial charge in [-0.1, -0.05) is 24.3 Å². The summed E-state index contributed by atoms with van der Waals surface area (Å²) in [6.07, 6.45) is 5.33. The van der Waals surface area contributed by atoms with Crippen LogP contribution in [0, 0.1) is 5.82 Å². The molecule has 200 valence electrons. The van der Waals surface area contributed by atoms with Crippen molar-refractivity contribution in [1.82, 2.24) is 14.1 Å². The second-order valence-corrected chi connectivity index (χ2v) is 11.8. The average Bonchev–Trinajstić information content (AvgIpc) is 3.12. The van der Waals surface area contributed by atoms with Crippen LogP contribution in [0.2, 0.25) is 0 Å². The standard InChI is InChI=1S/C28H30FN3O5S/c1-4-37-26-15-18(12-13-25(26)36-2)24(17-38(3,34)35)32-27-23(31(28(32)33)20-8-7-9-20)14-19(16-30-27)21-10-5-6-11-22(21)29/h5-6,10-16,20,24H,4,7-9,17H2,1-3H3/t24-/m0/s1. The van der Waals surface area contributed by atoms with Crippen molar-refractivity contribution in [2.45, 2.75) is 38.3 Å². The van der Waals surface area contributed by atoms with E-state index in [4.69, 9.17) is 9.47 Å². The highest BCUT2D eigenvalue weighted by Gasteiger charge is 2.31. The molecule has 1 aliphatic carbocycles. The van der Waals surface area contributed by atoms with Crippen LogP contribution in [0.3, 0.4) is 0 Å². The average molecular weight is 540 g/mol. The molecule has 0 bridgehead atoms. The van der Waals surface area contributed by atoms with Crippen LogP contribution >= 0.6 is 0 Å². The minimum atomic E-state index is -3.52. The summed E-state index contributed by atoms with van der Waals surface area (Å²) in [4.78, 5) is 18.6. The molecule has 0 unspecified atom stereocenters. The van der Waals surface area contributed by atoms with E-state index in [0.29, 0.717) is 46.0 Å². The quantitative estimate of drug-likeness (QED) is 0.304. The molecule has 0 saturated heterocycles. The van der Waals surface area contributed by atoms with E-state index in [-0.39, 0.29) is 23.3 Å². The maximum Gasteiger partial charge on any atom is 0.331 e. The van der Waals surface area contributed by atoms with Gasteiger partial charge in [-0.15, -0.1) is 0 Å². The molecule has 4 aromatic rings. The van der Waals surface area contributed by atoms with E-state index in [9.17, 15) is 17.6 Å². The molecular formula is C28H30FN3O5S. The van der Waals surface area contributed by atoms with E-state index < -0.39 is 15.9 Å². The first-order valence-electron chi connectivity index (χ1n) is 12.6. The first-order chi connectivity index (χ1) is 18.2. The first-order valence-corrected chi connectivity index (χ1v) is 14.6. The van der Waals surface area contributed by atoms with E-state index in [1.807, 2.05) is 6.92 Å². The maximum atomic E-state index is 14.6. The Morgan fingerprint density at radius 2 is 1.89 bits per heavy atom. The van der Waals surface area contributed by atoms with Gasteiger partial charge < -0.3 is 9.47 Å². The van der Waals surface area contributed by atoms with Crippen LogP contribution in [-0.4, -0.2) is 48.3 Å². The van der Waals surface area contributed by atoms with E-state index in [0.717, 1.165) is 25.5 Å². The van der Waals surface area contributed by atoms with Gasteiger partial charge in [-0.3, -0.25) is 9.13 Å². The smallest absolute Gasteiger partial charge is 0.331 e. The molecule has 10 heteroatoms. The van der Waals surface area contributed by atoms with Gasteiger partial charge in [0.1, 0.15) is 15.7 Å². The lowest BCUT2D eigenvalue weighted by molar-refractivity contribution is 0.308. The highest BCUT2D eigenvalue weighted by Crippen LogP contribution is 2.37. The third kappa shape index (κ3) is 4.80. The molecule has 0 radical (unpaired) electrons. The van der Waals surface area contributed by atoms with Crippen LogP contribution in [0.4, 0.5) is 4.39 Å². The number of halogens is 1. The fraction of sp³-hybridized carbons (Fsp3) is 0.357. The number of nitrogens with zero attached hydrogens (tertiary/aromatic N) is 3. The Kier molecular flexibility index (Phi) is 7.00. The number of ether oxygens (including phenoxy) is 2. The van der Waals surface area contributed by atoms with Gasteiger partial charge in [0.05, 0.1) is 31.0 Å². The predicted molar refractivity (Wildman–Crippen MR) is 144 cm³/mol. The molecule has 2 aromatic heterocycles. The lowest BCUT2D eigenvalue weighted by Crippen LogP contribution is -2.34. The normalized spacial score (nSPS) is 14.8. The fourth-order valence-corrected chi connectivity index (χ4v) is 5.93. The Labute approximate surface area is 220 Å². The van der Waals surface area contributed by atoms with Crippen molar-refractivity contribution in [3.63, 3.8) is 0 Å². The number of aromatic nitrogens is 3. The van der Waals surface area contributed by atoms with Gasteiger partial charge in [0.25, 0.3) is 0 Å². The summed E-state index contributed by atoms with van der Waals surface area (Å²) in [6.45, 7) is 2.23. The molecule has 38 heavy (non-hydrogen) atoms. The van der Waals surface area contributed by atoms with Crippen molar-refractivity contribution >= 4 is 21.0 Å². The van der Waals surface area contributed by atoms with Crippen molar-refractivity contribution in [3.8, 4) is 22.6 Å². The fourth-order valence-electron chi connectivity index (χ4n) is 5.02. The Bertz CT molecular complexity index is 1660. The van der Waals surface area contributed by atoms with Gasteiger partial charge >= 0.3 is 5.69 Å². The van der Waals surface area contributed by atoms with Crippen LogP contribution < -0.4 is 15.2 Å². The van der Waals surface area contributed by atoms with E-state index in [1.165, 1.54) is 23.9 Å². The lowest BCUT2D eigenvalue weighted by atomic mass is 9.93.